The number of alkyl halides is 3. The first kappa shape index (κ1) is 26.4. The highest BCUT2D eigenvalue weighted by Crippen LogP contribution is 2.26. The summed E-state index contributed by atoms with van der Waals surface area (Å²) in [6.07, 6.45) is -2.09. The minimum Gasteiger partial charge on any atom is -0.497 e. The summed E-state index contributed by atoms with van der Waals surface area (Å²) < 4.78 is 18.9. The number of benzene rings is 1. The number of amides is 2. The van der Waals surface area contributed by atoms with Crippen LogP contribution in [0.2, 0.25) is 0 Å². The summed E-state index contributed by atoms with van der Waals surface area (Å²) in [7, 11) is 2.96. The Hall–Kier alpha value is -1.61. The molecule has 0 aliphatic rings. The van der Waals surface area contributed by atoms with E-state index >= 15 is 0 Å². The highest BCUT2D eigenvalue weighted by atomic mass is 35.6. The zero-order valence-electron chi connectivity index (χ0n) is 17.5. The molecule has 1 aromatic rings. The molecule has 0 bridgehead atoms. The maximum Gasteiger partial charge on any atom is 0.409 e. The highest BCUT2D eigenvalue weighted by molar-refractivity contribution is 6.67. The second kappa shape index (κ2) is 11.7. The van der Waals surface area contributed by atoms with Gasteiger partial charge in [0.25, 0.3) is 0 Å². The SMILES string of the molecule is COc1ccc([C@H](CC(NC(=O)OCC(Cl)(Cl)Cl)OC)NC(=O)OC(C)(C)C)cc1. The van der Waals surface area contributed by atoms with Crippen LogP contribution < -0.4 is 15.4 Å². The largest absolute Gasteiger partial charge is 0.497 e. The summed E-state index contributed by atoms with van der Waals surface area (Å²) in [6, 6.07) is 6.53. The van der Waals surface area contributed by atoms with Gasteiger partial charge in [0.1, 0.15) is 24.2 Å². The Morgan fingerprint density at radius 3 is 2.07 bits per heavy atom. The van der Waals surface area contributed by atoms with Crippen LogP contribution in [0.3, 0.4) is 0 Å². The predicted molar refractivity (Wildman–Crippen MR) is 115 cm³/mol. The molecule has 11 heteroatoms. The lowest BCUT2D eigenvalue weighted by atomic mass is 10.0. The summed E-state index contributed by atoms with van der Waals surface area (Å²) in [6.45, 7) is 4.84. The monoisotopic (exact) mass is 484 g/mol. The molecule has 1 rings (SSSR count). The fraction of sp³-hybridized carbons (Fsp3) is 0.579. The Morgan fingerprint density at radius 1 is 1.00 bits per heavy atom. The van der Waals surface area contributed by atoms with Crippen molar-refractivity contribution in [3.63, 3.8) is 0 Å². The van der Waals surface area contributed by atoms with Crippen molar-refractivity contribution < 1.29 is 28.5 Å². The quantitative estimate of drug-likeness (QED) is 0.409. The van der Waals surface area contributed by atoms with Gasteiger partial charge in [0, 0.05) is 13.5 Å². The van der Waals surface area contributed by atoms with Gasteiger partial charge in [0.05, 0.1) is 13.2 Å². The molecule has 0 aliphatic heterocycles. The number of alkyl carbamates (subject to hydrolysis) is 2. The van der Waals surface area contributed by atoms with Crippen LogP contribution in [0.4, 0.5) is 9.59 Å². The van der Waals surface area contributed by atoms with Crippen molar-refractivity contribution in [3.8, 4) is 5.75 Å². The van der Waals surface area contributed by atoms with E-state index in [1.807, 2.05) is 0 Å². The van der Waals surface area contributed by atoms with Crippen LogP contribution in [-0.4, -0.2) is 48.6 Å². The van der Waals surface area contributed by atoms with Crippen LogP contribution in [0, 0.1) is 0 Å². The van der Waals surface area contributed by atoms with Crippen LogP contribution in [0.1, 0.15) is 38.8 Å². The molecule has 0 radical (unpaired) electrons. The van der Waals surface area contributed by atoms with Crippen LogP contribution in [0.15, 0.2) is 24.3 Å². The average Bonchev–Trinajstić information content (AvgIpc) is 2.63. The van der Waals surface area contributed by atoms with Crippen LogP contribution >= 0.6 is 34.8 Å². The van der Waals surface area contributed by atoms with Gasteiger partial charge < -0.3 is 24.3 Å². The number of hydrogen-bond acceptors (Lipinski definition) is 6. The van der Waals surface area contributed by atoms with Gasteiger partial charge in [-0.2, -0.15) is 0 Å². The minimum atomic E-state index is -1.73. The van der Waals surface area contributed by atoms with Crippen molar-refractivity contribution in [2.75, 3.05) is 20.8 Å². The van der Waals surface area contributed by atoms with E-state index in [1.165, 1.54) is 7.11 Å². The zero-order chi connectivity index (χ0) is 22.9. The van der Waals surface area contributed by atoms with E-state index in [0.29, 0.717) is 5.75 Å². The number of nitrogens with one attached hydrogen (secondary N) is 2. The topological polar surface area (TPSA) is 95.1 Å². The minimum absolute atomic E-state index is 0.172. The molecule has 0 heterocycles. The third-order valence-corrected chi connectivity index (χ3v) is 3.92. The van der Waals surface area contributed by atoms with Gasteiger partial charge in [0.15, 0.2) is 0 Å². The third kappa shape index (κ3) is 11.0. The van der Waals surface area contributed by atoms with E-state index in [1.54, 1.807) is 52.1 Å². The standard InChI is InChI=1S/C19H27Cl3N2O6/c1-18(2,3)30-17(26)23-14(12-6-8-13(27-4)9-7-12)10-15(28-5)24-16(25)29-11-19(20,21)22/h6-9,14-15H,10-11H2,1-5H3,(H,23,26)(H,24,25)/t14-,15?/m0/s1. The van der Waals surface area contributed by atoms with E-state index in [-0.39, 0.29) is 6.42 Å². The number of halogens is 3. The van der Waals surface area contributed by atoms with Gasteiger partial charge in [-0.25, -0.2) is 9.59 Å². The number of carbonyl (C=O) groups is 2. The van der Waals surface area contributed by atoms with Gasteiger partial charge in [-0.1, -0.05) is 46.9 Å². The smallest absolute Gasteiger partial charge is 0.409 e. The summed E-state index contributed by atoms with van der Waals surface area (Å²) in [5.41, 5.74) is 0.0780. The molecule has 30 heavy (non-hydrogen) atoms. The normalized spacial score (nSPS) is 13.7. The van der Waals surface area contributed by atoms with Gasteiger partial charge >= 0.3 is 12.2 Å². The summed E-state index contributed by atoms with van der Waals surface area (Å²) in [5, 5.41) is 5.29. The van der Waals surface area contributed by atoms with Crippen molar-refractivity contribution >= 4 is 47.0 Å². The lowest BCUT2D eigenvalue weighted by Gasteiger charge is -2.27. The first-order valence-electron chi connectivity index (χ1n) is 8.99. The molecule has 0 fully saturated rings. The number of rotatable bonds is 8. The summed E-state index contributed by atoms with van der Waals surface area (Å²) in [4.78, 5) is 24.3. The maximum absolute atomic E-state index is 12.3. The van der Waals surface area contributed by atoms with E-state index in [9.17, 15) is 9.59 Å². The summed E-state index contributed by atoms with van der Waals surface area (Å²) >= 11 is 16.7. The molecule has 2 amide bonds. The van der Waals surface area contributed by atoms with E-state index in [2.05, 4.69) is 10.6 Å². The number of methoxy groups -OCH3 is 2. The van der Waals surface area contributed by atoms with Crippen molar-refractivity contribution in [2.24, 2.45) is 0 Å². The van der Waals surface area contributed by atoms with Crippen LogP contribution in [-0.2, 0) is 14.2 Å². The molecular weight excluding hydrogens is 459 g/mol. The molecule has 0 spiro atoms. The van der Waals surface area contributed by atoms with Crippen LogP contribution in [0.5, 0.6) is 5.75 Å². The molecule has 8 nitrogen and oxygen atoms in total. The van der Waals surface area contributed by atoms with Gasteiger partial charge in [-0.05, 0) is 38.5 Å². The fourth-order valence-corrected chi connectivity index (χ4v) is 2.48. The average molecular weight is 486 g/mol. The van der Waals surface area contributed by atoms with Gasteiger partial charge in [-0.15, -0.1) is 0 Å². The molecule has 1 unspecified atom stereocenters. The molecule has 170 valence electrons. The van der Waals surface area contributed by atoms with Crippen LogP contribution in [0.25, 0.3) is 0 Å². The highest BCUT2D eigenvalue weighted by Gasteiger charge is 2.26. The Balaban J connectivity index is 2.90. The molecule has 1 aromatic carbocycles. The Morgan fingerprint density at radius 2 is 1.60 bits per heavy atom. The van der Waals surface area contributed by atoms with Crippen molar-refractivity contribution in [2.45, 2.75) is 48.9 Å². The molecule has 0 saturated carbocycles. The van der Waals surface area contributed by atoms with E-state index in [0.717, 1.165) is 5.56 Å². The zero-order valence-corrected chi connectivity index (χ0v) is 19.7. The molecule has 2 atom stereocenters. The van der Waals surface area contributed by atoms with Gasteiger partial charge in [0.2, 0.25) is 3.79 Å². The Labute approximate surface area is 191 Å². The summed E-state index contributed by atoms with van der Waals surface area (Å²) in [5.74, 6) is 0.659. The Bertz CT molecular complexity index is 689. The van der Waals surface area contributed by atoms with E-state index < -0.39 is 40.5 Å². The maximum atomic E-state index is 12.3. The molecule has 0 aromatic heterocycles. The third-order valence-electron chi connectivity index (χ3n) is 3.59. The van der Waals surface area contributed by atoms with Crippen molar-refractivity contribution in [1.29, 1.82) is 0 Å². The second-order valence-electron chi connectivity index (χ2n) is 7.27. The number of hydrogen-bond donors (Lipinski definition) is 2. The molecule has 2 N–H and O–H groups in total. The lowest BCUT2D eigenvalue weighted by Crippen LogP contribution is -2.42. The Kier molecular flexibility index (Phi) is 10.3. The van der Waals surface area contributed by atoms with E-state index in [4.69, 9.17) is 53.8 Å². The van der Waals surface area contributed by atoms with Crippen molar-refractivity contribution in [3.05, 3.63) is 29.8 Å². The predicted octanol–water partition coefficient (Wildman–Crippen LogP) is 4.72. The van der Waals surface area contributed by atoms with Gasteiger partial charge in [-0.3, -0.25) is 5.32 Å². The second-order valence-corrected chi connectivity index (χ2v) is 9.78. The van der Waals surface area contributed by atoms with Crippen molar-refractivity contribution in [1.82, 2.24) is 10.6 Å². The number of carbonyl (C=O) groups excluding carboxylic acids is 2. The molecule has 0 aliphatic carbocycles. The molecule has 0 saturated heterocycles. The first-order valence-corrected chi connectivity index (χ1v) is 10.1. The molecular formula is C19H27Cl3N2O6. The number of ether oxygens (including phenoxy) is 4. The fourth-order valence-electron chi connectivity index (χ4n) is 2.31. The first-order chi connectivity index (χ1) is 13.8. The lowest BCUT2D eigenvalue weighted by molar-refractivity contribution is 0.0380.